The maximum Gasteiger partial charge on any atom is 0.226 e. The Morgan fingerprint density at radius 3 is 2.44 bits per heavy atom. The van der Waals surface area contributed by atoms with Gasteiger partial charge in [0.2, 0.25) is 5.91 Å². The molecule has 0 aliphatic carbocycles. The molecule has 34 heavy (non-hydrogen) atoms. The summed E-state index contributed by atoms with van der Waals surface area (Å²) in [5.41, 5.74) is 5.59. The van der Waals surface area contributed by atoms with Gasteiger partial charge in [0.05, 0.1) is 24.6 Å². The Balaban J connectivity index is 1.30. The number of carbonyl (C=O) groups is 1. The van der Waals surface area contributed by atoms with Gasteiger partial charge >= 0.3 is 0 Å². The van der Waals surface area contributed by atoms with Crippen molar-refractivity contribution < 1.29 is 9.53 Å². The summed E-state index contributed by atoms with van der Waals surface area (Å²) in [7, 11) is 1.67. The molecule has 3 aromatic carbocycles. The first-order valence-corrected chi connectivity index (χ1v) is 12.0. The lowest BCUT2D eigenvalue weighted by molar-refractivity contribution is -0.131. The summed E-state index contributed by atoms with van der Waals surface area (Å²) in [6, 6.07) is 25.3. The number of hydrogen-bond acceptors (Lipinski definition) is 3. The summed E-state index contributed by atoms with van der Waals surface area (Å²) in [4.78, 5) is 20.0. The smallest absolute Gasteiger partial charge is 0.226 e. The van der Waals surface area contributed by atoms with Gasteiger partial charge in [-0.05, 0) is 54.7 Å². The summed E-state index contributed by atoms with van der Waals surface area (Å²) >= 11 is 0. The molecule has 1 saturated heterocycles. The number of amides is 1. The van der Waals surface area contributed by atoms with E-state index in [2.05, 4.69) is 53.1 Å². The number of para-hydroxylation sites is 2. The number of aryl methyl sites for hydroxylation is 1. The van der Waals surface area contributed by atoms with E-state index in [0.717, 1.165) is 60.6 Å². The van der Waals surface area contributed by atoms with Crippen LogP contribution in [0.25, 0.3) is 11.0 Å². The van der Waals surface area contributed by atoms with E-state index in [4.69, 9.17) is 9.72 Å². The fourth-order valence-corrected chi connectivity index (χ4v) is 5.12. The fraction of sp³-hybridized carbons (Fsp3) is 0.310. The second-order valence-electron chi connectivity index (χ2n) is 9.14. The molecule has 5 rings (SSSR count). The average Bonchev–Trinajstić information content (AvgIpc) is 3.22. The van der Waals surface area contributed by atoms with Crippen LogP contribution in [0, 0.1) is 6.92 Å². The van der Waals surface area contributed by atoms with Crippen LogP contribution in [0.4, 0.5) is 0 Å². The van der Waals surface area contributed by atoms with E-state index in [-0.39, 0.29) is 5.91 Å². The number of carbonyl (C=O) groups excluding carboxylic acids is 1. The van der Waals surface area contributed by atoms with E-state index >= 15 is 0 Å². The van der Waals surface area contributed by atoms with Crippen molar-refractivity contribution in [1.29, 1.82) is 0 Å². The van der Waals surface area contributed by atoms with E-state index in [9.17, 15) is 4.79 Å². The van der Waals surface area contributed by atoms with E-state index in [1.807, 2.05) is 36.1 Å². The number of aromatic nitrogens is 2. The third kappa shape index (κ3) is 4.56. The van der Waals surface area contributed by atoms with Gasteiger partial charge < -0.3 is 14.2 Å². The molecular formula is C29H31N3O2. The third-order valence-corrected chi connectivity index (χ3v) is 6.87. The van der Waals surface area contributed by atoms with Gasteiger partial charge in [-0.25, -0.2) is 4.98 Å². The van der Waals surface area contributed by atoms with Gasteiger partial charge in [0, 0.05) is 25.6 Å². The largest absolute Gasteiger partial charge is 0.496 e. The predicted molar refractivity (Wildman–Crippen MR) is 135 cm³/mol. The molecule has 0 saturated carbocycles. The summed E-state index contributed by atoms with van der Waals surface area (Å²) in [6.07, 6.45) is 3.12. The van der Waals surface area contributed by atoms with Crippen LogP contribution in [0.2, 0.25) is 0 Å². The standard InChI is InChI=1S/C29H31N3O2/c1-21-18-23(12-13-27(21)34-2)20-29(33)31-16-14-24(15-17-31)32-26-11-7-6-10-25(26)30-28(32)19-22-8-4-3-5-9-22/h3-13,18,24H,14-17,19-20H2,1-2H3. The molecule has 0 spiro atoms. The van der Waals surface area contributed by atoms with Crippen molar-refractivity contribution in [2.75, 3.05) is 20.2 Å². The number of benzene rings is 3. The molecule has 1 aliphatic rings. The number of methoxy groups -OCH3 is 1. The molecule has 5 nitrogen and oxygen atoms in total. The monoisotopic (exact) mass is 453 g/mol. The van der Waals surface area contributed by atoms with Crippen LogP contribution >= 0.6 is 0 Å². The predicted octanol–water partition coefficient (Wildman–Crippen LogP) is 5.35. The number of likely N-dealkylation sites (tertiary alicyclic amines) is 1. The van der Waals surface area contributed by atoms with Crippen molar-refractivity contribution in [3.63, 3.8) is 0 Å². The number of nitrogens with zero attached hydrogens (tertiary/aromatic N) is 3. The Morgan fingerprint density at radius 2 is 1.71 bits per heavy atom. The second-order valence-corrected chi connectivity index (χ2v) is 9.14. The molecule has 0 N–H and O–H groups in total. The summed E-state index contributed by atoms with van der Waals surface area (Å²) in [6.45, 7) is 3.56. The van der Waals surface area contributed by atoms with E-state index in [1.54, 1.807) is 7.11 Å². The Bertz CT molecular complexity index is 1290. The van der Waals surface area contributed by atoms with Gasteiger partial charge in [-0.2, -0.15) is 0 Å². The zero-order chi connectivity index (χ0) is 23.5. The molecule has 174 valence electrons. The lowest BCUT2D eigenvalue weighted by Gasteiger charge is -2.34. The van der Waals surface area contributed by atoms with Crippen molar-refractivity contribution in [3.05, 3.63) is 95.3 Å². The second kappa shape index (κ2) is 9.72. The number of piperidine rings is 1. The summed E-state index contributed by atoms with van der Waals surface area (Å²) in [5, 5.41) is 0. The molecule has 1 amide bonds. The highest BCUT2D eigenvalue weighted by Gasteiger charge is 2.27. The van der Waals surface area contributed by atoms with Crippen molar-refractivity contribution >= 4 is 16.9 Å². The first-order valence-electron chi connectivity index (χ1n) is 12.0. The topological polar surface area (TPSA) is 47.4 Å². The van der Waals surface area contributed by atoms with Crippen LogP contribution in [0.1, 0.15) is 41.4 Å². The van der Waals surface area contributed by atoms with Crippen molar-refractivity contribution in [3.8, 4) is 5.75 Å². The molecular weight excluding hydrogens is 422 g/mol. The number of fused-ring (bicyclic) bond motifs is 1. The van der Waals surface area contributed by atoms with Crippen LogP contribution in [-0.4, -0.2) is 40.6 Å². The number of ether oxygens (including phenoxy) is 1. The zero-order valence-corrected chi connectivity index (χ0v) is 19.9. The summed E-state index contributed by atoms with van der Waals surface area (Å²) in [5.74, 6) is 2.16. The number of rotatable bonds is 6. The first kappa shape index (κ1) is 22.2. The van der Waals surface area contributed by atoms with Crippen LogP contribution < -0.4 is 4.74 Å². The number of hydrogen-bond donors (Lipinski definition) is 0. The molecule has 0 radical (unpaired) electrons. The molecule has 5 heteroatoms. The normalized spacial score (nSPS) is 14.5. The molecule has 4 aromatic rings. The maximum absolute atomic E-state index is 13.0. The first-order chi connectivity index (χ1) is 16.6. The van der Waals surface area contributed by atoms with Crippen LogP contribution in [0.15, 0.2) is 72.8 Å². The molecule has 0 bridgehead atoms. The minimum atomic E-state index is 0.197. The molecule has 1 aliphatic heterocycles. The lowest BCUT2D eigenvalue weighted by atomic mass is 10.0. The maximum atomic E-state index is 13.0. The van der Waals surface area contributed by atoms with Crippen molar-refractivity contribution in [1.82, 2.24) is 14.5 Å². The molecule has 2 heterocycles. The van der Waals surface area contributed by atoms with Gasteiger partial charge in [0.25, 0.3) is 0 Å². The molecule has 0 atom stereocenters. The average molecular weight is 454 g/mol. The Labute approximate surface area is 201 Å². The Morgan fingerprint density at radius 1 is 0.971 bits per heavy atom. The summed E-state index contributed by atoms with van der Waals surface area (Å²) < 4.78 is 7.77. The van der Waals surface area contributed by atoms with Gasteiger partial charge in [0.15, 0.2) is 0 Å². The molecule has 1 fully saturated rings. The van der Waals surface area contributed by atoms with E-state index in [1.165, 1.54) is 11.1 Å². The Hall–Kier alpha value is -3.60. The highest BCUT2D eigenvalue weighted by Crippen LogP contribution is 2.30. The third-order valence-electron chi connectivity index (χ3n) is 6.87. The Kier molecular flexibility index (Phi) is 6.35. The van der Waals surface area contributed by atoms with Gasteiger partial charge in [-0.1, -0.05) is 54.6 Å². The minimum absolute atomic E-state index is 0.197. The highest BCUT2D eigenvalue weighted by atomic mass is 16.5. The van der Waals surface area contributed by atoms with Crippen LogP contribution in [0.5, 0.6) is 5.75 Å². The number of imidazole rings is 1. The van der Waals surface area contributed by atoms with E-state index < -0.39 is 0 Å². The molecule has 0 unspecified atom stereocenters. The molecule has 1 aromatic heterocycles. The fourth-order valence-electron chi connectivity index (χ4n) is 5.12. The lowest BCUT2D eigenvalue weighted by Crippen LogP contribution is -2.40. The van der Waals surface area contributed by atoms with Gasteiger partial charge in [0.1, 0.15) is 11.6 Å². The van der Waals surface area contributed by atoms with Gasteiger partial charge in [-0.3, -0.25) is 4.79 Å². The quantitative estimate of drug-likeness (QED) is 0.395. The van der Waals surface area contributed by atoms with E-state index in [0.29, 0.717) is 12.5 Å². The van der Waals surface area contributed by atoms with Crippen molar-refractivity contribution in [2.24, 2.45) is 0 Å². The minimum Gasteiger partial charge on any atom is -0.496 e. The highest BCUT2D eigenvalue weighted by molar-refractivity contribution is 5.79. The van der Waals surface area contributed by atoms with Crippen LogP contribution in [-0.2, 0) is 17.6 Å². The van der Waals surface area contributed by atoms with Crippen molar-refractivity contribution in [2.45, 2.75) is 38.6 Å². The van der Waals surface area contributed by atoms with Gasteiger partial charge in [-0.15, -0.1) is 0 Å². The zero-order valence-electron chi connectivity index (χ0n) is 19.9. The van der Waals surface area contributed by atoms with Crippen LogP contribution in [0.3, 0.4) is 0 Å². The SMILES string of the molecule is COc1ccc(CC(=O)N2CCC(n3c(Cc4ccccc4)nc4ccccc43)CC2)cc1C.